The number of nitrogens with zero attached hydrogens (tertiary/aromatic N) is 1. The van der Waals surface area contributed by atoms with Crippen LogP contribution in [0.25, 0.3) is 0 Å². The Labute approximate surface area is 113 Å². The molecule has 1 aromatic heterocycles. The molecule has 0 saturated heterocycles. The first kappa shape index (κ1) is 12.1. The zero-order valence-corrected chi connectivity index (χ0v) is 11.7. The highest BCUT2D eigenvalue weighted by Crippen LogP contribution is 2.16. The fourth-order valence-corrected chi connectivity index (χ4v) is 2.00. The van der Waals surface area contributed by atoms with Gasteiger partial charge in [-0.2, -0.15) is 0 Å². The SMILES string of the molecule is Cc1cnc(NC(=O)c2cccc(I)c2C)[nH]1. The molecular formula is C12H12IN3O. The number of carbonyl (C=O) groups excluding carboxylic acids is 1. The summed E-state index contributed by atoms with van der Waals surface area (Å²) in [7, 11) is 0. The van der Waals surface area contributed by atoms with Crippen molar-refractivity contribution in [2.24, 2.45) is 0 Å². The third-order valence-corrected chi connectivity index (χ3v) is 3.62. The molecule has 5 heteroatoms. The van der Waals surface area contributed by atoms with Crippen LogP contribution in [0.5, 0.6) is 0 Å². The van der Waals surface area contributed by atoms with E-state index < -0.39 is 0 Å². The second-order valence-electron chi connectivity index (χ2n) is 3.78. The second kappa shape index (κ2) is 4.87. The molecule has 2 rings (SSSR count). The van der Waals surface area contributed by atoms with Crippen LogP contribution in [0.4, 0.5) is 5.95 Å². The summed E-state index contributed by atoms with van der Waals surface area (Å²) < 4.78 is 1.07. The van der Waals surface area contributed by atoms with Gasteiger partial charge in [-0.25, -0.2) is 4.98 Å². The van der Waals surface area contributed by atoms with Crippen molar-refractivity contribution in [3.05, 3.63) is 44.8 Å². The Morgan fingerprint density at radius 3 is 2.82 bits per heavy atom. The molecule has 0 aliphatic rings. The predicted octanol–water partition coefficient (Wildman–Crippen LogP) is 2.88. The standard InChI is InChI=1S/C12H12IN3O/c1-7-6-14-12(15-7)16-11(17)9-4-3-5-10(13)8(9)2/h3-6H,1-2H3,(H2,14,15,16,17). The summed E-state index contributed by atoms with van der Waals surface area (Å²) in [6, 6.07) is 5.66. The number of aryl methyl sites for hydroxylation is 1. The number of hydrogen-bond donors (Lipinski definition) is 2. The summed E-state index contributed by atoms with van der Waals surface area (Å²) in [6.45, 7) is 3.82. The van der Waals surface area contributed by atoms with Crippen LogP contribution in [0, 0.1) is 17.4 Å². The molecule has 1 amide bonds. The quantitative estimate of drug-likeness (QED) is 0.826. The summed E-state index contributed by atoms with van der Waals surface area (Å²) in [6.07, 6.45) is 1.68. The minimum atomic E-state index is -0.143. The molecule has 2 aromatic rings. The molecular weight excluding hydrogens is 329 g/mol. The van der Waals surface area contributed by atoms with Gasteiger partial charge in [0.05, 0.1) is 0 Å². The van der Waals surface area contributed by atoms with Crippen molar-refractivity contribution < 1.29 is 4.79 Å². The van der Waals surface area contributed by atoms with Gasteiger partial charge in [-0.15, -0.1) is 0 Å². The lowest BCUT2D eigenvalue weighted by atomic mass is 10.1. The zero-order chi connectivity index (χ0) is 12.4. The molecule has 2 N–H and O–H groups in total. The number of aromatic nitrogens is 2. The van der Waals surface area contributed by atoms with Crippen LogP contribution in [0.3, 0.4) is 0 Å². The number of H-pyrrole nitrogens is 1. The van der Waals surface area contributed by atoms with Gasteiger partial charge in [-0.3, -0.25) is 10.1 Å². The first-order valence-electron chi connectivity index (χ1n) is 5.16. The van der Waals surface area contributed by atoms with Gasteiger partial charge in [0.15, 0.2) is 0 Å². The lowest BCUT2D eigenvalue weighted by molar-refractivity contribution is 0.102. The largest absolute Gasteiger partial charge is 0.328 e. The first-order chi connectivity index (χ1) is 8.08. The van der Waals surface area contributed by atoms with Gasteiger partial charge >= 0.3 is 0 Å². The molecule has 0 aliphatic heterocycles. The molecule has 4 nitrogen and oxygen atoms in total. The average Bonchev–Trinajstić information content (AvgIpc) is 2.68. The van der Waals surface area contributed by atoms with E-state index in [1.54, 1.807) is 6.20 Å². The second-order valence-corrected chi connectivity index (χ2v) is 4.94. The molecule has 88 valence electrons. The van der Waals surface area contributed by atoms with Crippen molar-refractivity contribution in [2.75, 3.05) is 5.32 Å². The summed E-state index contributed by atoms with van der Waals surface area (Å²) >= 11 is 2.22. The molecule has 0 radical (unpaired) electrons. The molecule has 0 fully saturated rings. The highest BCUT2D eigenvalue weighted by molar-refractivity contribution is 14.1. The van der Waals surface area contributed by atoms with Crippen molar-refractivity contribution >= 4 is 34.4 Å². The number of aromatic amines is 1. The molecule has 0 bridgehead atoms. The Balaban J connectivity index is 2.23. The van der Waals surface area contributed by atoms with Gasteiger partial charge in [-0.1, -0.05) is 6.07 Å². The normalized spacial score (nSPS) is 10.3. The molecule has 1 aromatic carbocycles. The summed E-state index contributed by atoms with van der Waals surface area (Å²) in [4.78, 5) is 19.0. The van der Waals surface area contributed by atoms with Crippen LogP contribution in [-0.4, -0.2) is 15.9 Å². The maximum absolute atomic E-state index is 12.0. The number of halogens is 1. The number of rotatable bonds is 2. The fourth-order valence-electron chi connectivity index (χ4n) is 1.50. The van der Waals surface area contributed by atoms with Crippen LogP contribution >= 0.6 is 22.6 Å². The monoisotopic (exact) mass is 341 g/mol. The van der Waals surface area contributed by atoms with Gasteiger partial charge in [0.25, 0.3) is 5.91 Å². The maximum atomic E-state index is 12.0. The number of imidazole rings is 1. The smallest absolute Gasteiger partial charge is 0.258 e. The van der Waals surface area contributed by atoms with Crippen LogP contribution in [0.1, 0.15) is 21.6 Å². The lowest BCUT2D eigenvalue weighted by Crippen LogP contribution is -2.14. The van der Waals surface area contributed by atoms with Crippen LogP contribution in [0.2, 0.25) is 0 Å². The van der Waals surface area contributed by atoms with Gasteiger partial charge in [0.1, 0.15) is 0 Å². The molecule has 0 spiro atoms. The molecule has 0 unspecified atom stereocenters. The number of nitrogens with one attached hydrogen (secondary N) is 2. The first-order valence-corrected chi connectivity index (χ1v) is 6.24. The van der Waals surface area contributed by atoms with E-state index in [0.717, 1.165) is 14.8 Å². The number of hydrogen-bond acceptors (Lipinski definition) is 2. The Hall–Kier alpha value is -1.37. The highest BCUT2D eigenvalue weighted by Gasteiger charge is 2.11. The molecule has 0 aliphatic carbocycles. The Kier molecular flexibility index (Phi) is 3.46. The third-order valence-electron chi connectivity index (χ3n) is 2.45. The molecule has 1 heterocycles. The van der Waals surface area contributed by atoms with Gasteiger partial charge < -0.3 is 4.98 Å². The van der Waals surface area contributed by atoms with Crippen molar-refractivity contribution in [1.29, 1.82) is 0 Å². The van der Waals surface area contributed by atoms with E-state index in [9.17, 15) is 4.79 Å². The van der Waals surface area contributed by atoms with Crippen molar-refractivity contribution in [1.82, 2.24) is 9.97 Å². The summed E-state index contributed by atoms with van der Waals surface area (Å²) in [5.41, 5.74) is 2.57. The number of benzene rings is 1. The van der Waals surface area contributed by atoms with Crippen LogP contribution in [0.15, 0.2) is 24.4 Å². The van der Waals surface area contributed by atoms with E-state index in [1.165, 1.54) is 0 Å². The van der Waals surface area contributed by atoms with E-state index in [2.05, 4.69) is 37.9 Å². The Bertz CT molecular complexity index is 563. The average molecular weight is 341 g/mol. The topological polar surface area (TPSA) is 57.8 Å². The summed E-state index contributed by atoms with van der Waals surface area (Å²) in [5.74, 6) is 0.334. The Morgan fingerprint density at radius 1 is 1.41 bits per heavy atom. The van der Waals surface area contributed by atoms with Gasteiger partial charge in [-0.05, 0) is 54.1 Å². The zero-order valence-electron chi connectivity index (χ0n) is 9.54. The molecule has 0 saturated carbocycles. The van der Waals surface area contributed by atoms with Gasteiger partial charge in [0, 0.05) is 21.0 Å². The molecule has 0 atom stereocenters. The van der Waals surface area contributed by atoms with Crippen molar-refractivity contribution in [3.8, 4) is 0 Å². The predicted molar refractivity (Wildman–Crippen MR) is 75.2 cm³/mol. The van der Waals surface area contributed by atoms with E-state index >= 15 is 0 Å². The number of anilines is 1. The van der Waals surface area contributed by atoms with Crippen LogP contribution in [-0.2, 0) is 0 Å². The van der Waals surface area contributed by atoms with Gasteiger partial charge in [0.2, 0.25) is 5.95 Å². The lowest BCUT2D eigenvalue weighted by Gasteiger charge is -2.06. The van der Waals surface area contributed by atoms with E-state index in [0.29, 0.717) is 11.5 Å². The minimum absolute atomic E-state index is 0.143. The fraction of sp³-hybridized carbons (Fsp3) is 0.167. The minimum Gasteiger partial charge on any atom is -0.328 e. The number of amides is 1. The number of carbonyl (C=O) groups is 1. The van der Waals surface area contributed by atoms with Crippen molar-refractivity contribution in [2.45, 2.75) is 13.8 Å². The maximum Gasteiger partial charge on any atom is 0.258 e. The molecule has 17 heavy (non-hydrogen) atoms. The summed E-state index contributed by atoms with van der Waals surface area (Å²) in [5, 5.41) is 2.74. The van der Waals surface area contributed by atoms with E-state index in [-0.39, 0.29) is 5.91 Å². The highest BCUT2D eigenvalue weighted by atomic mass is 127. The Morgan fingerprint density at radius 2 is 2.18 bits per heavy atom. The van der Waals surface area contributed by atoms with E-state index in [4.69, 9.17) is 0 Å². The third kappa shape index (κ3) is 2.66. The van der Waals surface area contributed by atoms with E-state index in [1.807, 2.05) is 32.0 Å². The van der Waals surface area contributed by atoms with Crippen LogP contribution < -0.4 is 5.32 Å². The van der Waals surface area contributed by atoms with Crippen molar-refractivity contribution in [3.63, 3.8) is 0 Å².